The van der Waals surface area contributed by atoms with E-state index in [1.165, 1.54) is 0 Å². The van der Waals surface area contributed by atoms with Crippen molar-refractivity contribution in [1.29, 1.82) is 0 Å². The van der Waals surface area contributed by atoms with E-state index in [2.05, 4.69) is 15.6 Å². The molecule has 0 aliphatic heterocycles. The van der Waals surface area contributed by atoms with Crippen LogP contribution in [0.3, 0.4) is 0 Å². The van der Waals surface area contributed by atoms with Gasteiger partial charge in [0.05, 0.1) is 7.11 Å². The number of alkyl carbamates (subject to hydrolysis) is 1. The summed E-state index contributed by atoms with van der Waals surface area (Å²) in [5.41, 5.74) is 3.47. The van der Waals surface area contributed by atoms with Gasteiger partial charge in [0.2, 0.25) is 5.91 Å². The number of para-hydroxylation sites is 1. The lowest BCUT2D eigenvalue weighted by molar-refractivity contribution is -0.123. The highest BCUT2D eigenvalue weighted by molar-refractivity contribution is 5.89. The summed E-state index contributed by atoms with van der Waals surface area (Å²) in [6.45, 7) is 5.80. The molecule has 3 N–H and O–H groups in total. The van der Waals surface area contributed by atoms with Crippen molar-refractivity contribution in [2.75, 3.05) is 13.7 Å². The van der Waals surface area contributed by atoms with Crippen LogP contribution in [0.5, 0.6) is 5.75 Å². The fourth-order valence-electron chi connectivity index (χ4n) is 4.40. The van der Waals surface area contributed by atoms with Gasteiger partial charge in [0, 0.05) is 54.2 Å². The number of nitrogens with zero attached hydrogens (tertiary/aromatic N) is 1. The van der Waals surface area contributed by atoms with Gasteiger partial charge in [0.1, 0.15) is 17.4 Å². The maximum atomic E-state index is 13.3. The Hall–Kier alpha value is -3.94. The molecule has 0 spiro atoms. The van der Waals surface area contributed by atoms with E-state index in [0.717, 1.165) is 38.7 Å². The van der Waals surface area contributed by atoms with Crippen LogP contribution in [0.25, 0.3) is 21.8 Å². The van der Waals surface area contributed by atoms with Crippen molar-refractivity contribution in [2.24, 2.45) is 7.05 Å². The van der Waals surface area contributed by atoms with E-state index in [1.54, 1.807) is 27.9 Å². The second-order valence-electron chi connectivity index (χ2n) is 9.95. The van der Waals surface area contributed by atoms with Crippen molar-refractivity contribution >= 4 is 33.8 Å². The number of amides is 2. The number of carbonyl (C=O) groups is 2. The van der Waals surface area contributed by atoms with Crippen LogP contribution in [0.4, 0.5) is 4.79 Å². The van der Waals surface area contributed by atoms with Crippen molar-refractivity contribution in [3.8, 4) is 5.75 Å². The van der Waals surface area contributed by atoms with Crippen LogP contribution < -0.4 is 15.4 Å². The van der Waals surface area contributed by atoms with Crippen LogP contribution in [0.15, 0.2) is 54.9 Å². The van der Waals surface area contributed by atoms with Crippen LogP contribution >= 0.6 is 0 Å². The van der Waals surface area contributed by atoms with Gasteiger partial charge in [0.25, 0.3) is 0 Å². The van der Waals surface area contributed by atoms with Gasteiger partial charge in [0.15, 0.2) is 0 Å². The van der Waals surface area contributed by atoms with Crippen molar-refractivity contribution < 1.29 is 19.1 Å². The Balaban J connectivity index is 1.48. The maximum absolute atomic E-state index is 13.3. The molecule has 0 saturated heterocycles. The smallest absolute Gasteiger partial charge is 0.408 e. The molecule has 4 rings (SSSR count). The summed E-state index contributed by atoms with van der Waals surface area (Å²) in [7, 11) is 3.61. The molecule has 2 amide bonds. The number of benzene rings is 2. The number of fused-ring (bicyclic) bond motifs is 2. The summed E-state index contributed by atoms with van der Waals surface area (Å²) in [4.78, 5) is 29.1. The molecule has 0 aliphatic carbocycles. The van der Waals surface area contributed by atoms with Crippen LogP contribution in [0.2, 0.25) is 0 Å². The van der Waals surface area contributed by atoms with Gasteiger partial charge >= 0.3 is 6.09 Å². The zero-order chi connectivity index (χ0) is 25.9. The molecule has 0 bridgehead atoms. The zero-order valence-corrected chi connectivity index (χ0v) is 21.5. The fourth-order valence-corrected chi connectivity index (χ4v) is 4.40. The Morgan fingerprint density at radius 1 is 1.08 bits per heavy atom. The molecule has 8 heteroatoms. The van der Waals surface area contributed by atoms with Gasteiger partial charge in [-0.2, -0.15) is 0 Å². The number of carbonyl (C=O) groups excluding carboxylic acids is 2. The molecule has 0 radical (unpaired) electrons. The second kappa shape index (κ2) is 10.4. The normalized spacial score (nSPS) is 12.5. The van der Waals surface area contributed by atoms with Gasteiger partial charge in [-0.25, -0.2) is 4.79 Å². The van der Waals surface area contributed by atoms with Gasteiger partial charge in [-0.15, -0.1) is 0 Å². The Bertz CT molecular complexity index is 1380. The molecule has 0 fully saturated rings. The molecule has 8 nitrogen and oxygen atoms in total. The number of hydrogen-bond donors (Lipinski definition) is 3. The fraction of sp³-hybridized carbons (Fsp3) is 0.357. The summed E-state index contributed by atoms with van der Waals surface area (Å²) in [6.07, 6.45) is 4.30. The molecule has 1 atom stereocenters. The predicted molar refractivity (Wildman–Crippen MR) is 141 cm³/mol. The summed E-state index contributed by atoms with van der Waals surface area (Å²) >= 11 is 0. The van der Waals surface area contributed by atoms with Crippen molar-refractivity contribution in [3.63, 3.8) is 0 Å². The van der Waals surface area contributed by atoms with Crippen molar-refractivity contribution in [3.05, 3.63) is 66.0 Å². The van der Waals surface area contributed by atoms with E-state index in [-0.39, 0.29) is 5.91 Å². The topological polar surface area (TPSA) is 97.4 Å². The highest BCUT2D eigenvalue weighted by Gasteiger charge is 2.26. The minimum Gasteiger partial charge on any atom is -0.497 e. The Labute approximate surface area is 211 Å². The quantitative estimate of drug-likeness (QED) is 0.340. The van der Waals surface area contributed by atoms with Gasteiger partial charge < -0.3 is 29.7 Å². The maximum Gasteiger partial charge on any atom is 0.408 e. The summed E-state index contributed by atoms with van der Waals surface area (Å²) in [5.74, 6) is 0.523. The number of H-pyrrole nitrogens is 1. The zero-order valence-electron chi connectivity index (χ0n) is 21.5. The van der Waals surface area contributed by atoms with Crippen LogP contribution in [-0.4, -0.2) is 46.8 Å². The molecule has 2 aromatic carbocycles. The second-order valence-corrected chi connectivity index (χ2v) is 9.95. The molecule has 2 aromatic heterocycles. The first-order chi connectivity index (χ1) is 17.1. The van der Waals surface area contributed by atoms with Gasteiger partial charge in [-0.1, -0.05) is 18.2 Å². The largest absolute Gasteiger partial charge is 0.497 e. The Morgan fingerprint density at radius 3 is 2.61 bits per heavy atom. The first kappa shape index (κ1) is 25.2. The SMILES string of the molecule is COc1ccc2[nH]cc(CCNC(=O)C(Cc3cn(C)c4ccccc34)NC(=O)OC(C)(C)C)c2c1. The molecule has 0 aliphatic rings. The number of methoxy groups -OCH3 is 1. The van der Waals surface area contributed by atoms with Gasteiger partial charge in [-0.05, 0) is 62.6 Å². The molecule has 1 unspecified atom stereocenters. The highest BCUT2D eigenvalue weighted by Crippen LogP contribution is 2.24. The van der Waals surface area contributed by atoms with E-state index < -0.39 is 17.7 Å². The lowest BCUT2D eigenvalue weighted by Crippen LogP contribution is -2.49. The predicted octanol–water partition coefficient (Wildman–Crippen LogP) is 4.46. The van der Waals surface area contributed by atoms with Crippen molar-refractivity contribution in [2.45, 2.75) is 45.3 Å². The van der Waals surface area contributed by atoms with E-state index in [1.807, 2.05) is 66.5 Å². The lowest BCUT2D eigenvalue weighted by Gasteiger charge is -2.23. The average molecular weight is 491 g/mol. The lowest BCUT2D eigenvalue weighted by atomic mass is 10.0. The minimum atomic E-state index is -0.784. The van der Waals surface area contributed by atoms with E-state index >= 15 is 0 Å². The molecule has 36 heavy (non-hydrogen) atoms. The first-order valence-corrected chi connectivity index (χ1v) is 12.1. The minimum absolute atomic E-state index is 0.258. The monoisotopic (exact) mass is 490 g/mol. The van der Waals surface area contributed by atoms with Gasteiger partial charge in [-0.3, -0.25) is 4.79 Å². The standard InChI is InChI=1S/C28H34N4O4/c1-28(2,3)36-27(34)31-24(14-19-17-32(4)25-9-7-6-8-21(19)25)26(33)29-13-12-18-16-30-23-11-10-20(35-5)15-22(18)23/h6-11,15-17,24,30H,12-14H2,1-5H3,(H,29,33)(H,31,34). The third-order valence-corrected chi connectivity index (χ3v) is 6.08. The molecule has 0 saturated carbocycles. The first-order valence-electron chi connectivity index (χ1n) is 12.1. The molecular formula is C28H34N4O4. The van der Waals surface area contributed by atoms with E-state index in [4.69, 9.17) is 9.47 Å². The number of aromatic nitrogens is 2. The van der Waals surface area contributed by atoms with Crippen LogP contribution in [0.1, 0.15) is 31.9 Å². The number of rotatable bonds is 8. The number of ether oxygens (including phenoxy) is 2. The molecule has 4 aromatic rings. The summed E-state index contributed by atoms with van der Waals surface area (Å²) in [6, 6.07) is 13.1. The third kappa shape index (κ3) is 5.82. The number of aromatic amines is 1. The van der Waals surface area contributed by atoms with Crippen LogP contribution in [0, 0.1) is 0 Å². The van der Waals surface area contributed by atoms with Crippen molar-refractivity contribution in [1.82, 2.24) is 20.2 Å². The average Bonchev–Trinajstić information content (AvgIpc) is 3.37. The number of aryl methyl sites for hydroxylation is 1. The van der Waals surface area contributed by atoms with Crippen LogP contribution in [-0.2, 0) is 29.4 Å². The summed E-state index contributed by atoms with van der Waals surface area (Å²) < 4.78 is 12.8. The summed E-state index contributed by atoms with van der Waals surface area (Å²) in [5, 5.41) is 7.89. The number of nitrogens with one attached hydrogen (secondary N) is 3. The molecule has 190 valence electrons. The Kier molecular flexibility index (Phi) is 7.24. The number of hydrogen-bond acceptors (Lipinski definition) is 4. The molecular weight excluding hydrogens is 456 g/mol. The Morgan fingerprint density at radius 2 is 1.86 bits per heavy atom. The van der Waals surface area contributed by atoms with E-state index in [0.29, 0.717) is 19.4 Å². The van der Waals surface area contributed by atoms with E-state index in [9.17, 15) is 9.59 Å². The molecule has 2 heterocycles. The third-order valence-electron chi connectivity index (χ3n) is 6.08. The highest BCUT2D eigenvalue weighted by atomic mass is 16.6.